The molecule has 0 fully saturated rings. The minimum Gasteiger partial charge on any atom is -0.329 e. The number of unbranched alkanes of at least 4 members (excludes halogenated alkanes) is 10. The van der Waals surface area contributed by atoms with Gasteiger partial charge in [-0.25, -0.2) is 0 Å². The fourth-order valence-corrected chi connectivity index (χ4v) is 2.40. The van der Waals surface area contributed by atoms with Gasteiger partial charge in [-0.05, 0) is 6.42 Å². The van der Waals surface area contributed by atoms with Crippen molar-refractivity contribution in [2.24, 2.45) is 11.1 Å². The Bertz CT molecular complexity index is 236. The molecular weight excluding hydrogens is 246 g/mol. The number of hydrogen-bond donors (Lipinski definition) is 1. The van der Waals surface area contributed by atoms with Gasteiger partial charge in [-0.2, -0.15) is 0 Å². The molecule has 2 heteroatoms. The molecule has 2 N–H and O–H groups in total. The summed E-state index contributed by atoms with van der Waals surface area (Å²) in [6, 6.07) is 0. The molecule has 0 unspecified atom stereocenters. The summed E-state index contributed by atoms with van der Waals surface area (Å²) in [4.78, 5) is 11.9. The first-order valence-electron chi connectivity index (χ1n) is 8.78. The van der Waals surface area contributed by atoms with Crippen molar-refractivity contribution >= 4 is 5.78 Å². The molecule has 0 radical (unpaired) electrons. The van der Waals surface area contributed by atoms with Crippen LogP contribution >= 0.6 is 0 Å². The Hall–Kier alpha value is -0.370. The van der Waals surface area contributed by atoms with Crippen molar-refractivity contribution in [2.45, 2.75) is 97.8 Å². The van der Waals surface area contributed by atoms with E-state index in [4.69, 9.17) is 5.73 Å². The number of ketones is 1. The van der Waals surface area contributed by atoms with Crippen LogP contribution in [0.5, 0.6) is 0 Å². The van der Waals surface area contributed by atoms with E-state index >= 15 is 0 Å². The summed E-state index contributed by atoms with van der Waals surface area (Å²) in [5, 5.41) is 0. The van der Waals surface area contributed by atoms with Gasteiger partial charge in [-0.15, -0.1) is 0 Å². The fourth-order valence-electron chi connectivity index (χ4n) is 2.40. The molecular formula is C18H37NO. The normalized spacial score (nSPS) is 11.8. The van der Waals surface area contributed by atoms with E-state index in [0.717, 1.165) is 6.42 Å². The summed E-state index contributed by atoms with van der Waals surface area (Å²) in [6.07, 6.45) is 15.3. The van der Waals surface area contributed by atoms with E-state index in [1.165, 1.54) is 64.2 Å². The smallest absolute Gasteiger partial charge is 0.139 e. The number of rotatable bonds is 14. The van der Waals surface area contributed by atoms with Gasteiger partial charge >= 0.3 is 0 Å². The number of carbonyl (C=O) groups excluding carboxylic acids is 1. The van der Waals surface area contributed by atoms with Crippen LogP contribution in [0.15, 0.2) is 0 Å². The first-order chi connectivity index (χ1) is 9.54. The largest absolute Gasteiger partial charge is 0.329 e. The molecule has 0 amide bonds. The second kappa shape index (κ2) is 12.4. The van der Waals surface area contributed by atoms with Crippen LogP contribution in [-0.4, -0.2) is 12.3 Å². The number of nitrogens with two attached hydrogens (primary N) is 1. The maximum absolute atomic E-state index is 11.9. The second-order valence-corrected chi connectivity index (χ2v) is 6.80. The summed E-state index contributed by atoms with van der Waals surface area (Å²) in [7, 11) is 0. The number of hydrogen-bond acceptors (Lipinski definition) is 2. The molecule has 0 atom stereocenters. The highest BCUT2D eigenvalue weighted by molar-refractivity contribution is 5.84. The second-order valence-electron chi connectivity index (χ2n) is 6.80. The highest BCUT2D eigenvalue weighted by atomic mass is 16.1. The van der Waals surface area contributed by atoms with Crippen molar-refractivity contribution in [3.05, 3.63) is 0 Å². The zero-order valence-electron chi connectivity index (χ0n) is 14.2. The minimum absolute atomic E-state index is 0.321. The van der Waals surface area contributed by atoms with Crippen molar-refractivity contribution in [3.8, 4) is 0 Å². The first kappa shape index (κ1) is 19.6. The van der Waals surface area contributed by atoms with E-state index in [9.17, 15) is 4.79 Å². The molecule has 0 aromatic rings. The molecule has 0 heterocycles. The molecule has 0 aliphatic carbocycles. The first-order valence-corrected chi connectivity index (χ1v) is 8.78. The van der Waals surface area contributed by atoms with Crippen molar-refractivity contribution in [3.63, 3.8) is 0 Å². The third-order valence-corrected chi connectivity index (χ3v) is 4.27. The molecule has 0 saturated carbocycles. The zero-order valence-corrected chi connectivity index (χ0v) is 14.2. The van der Waals surface area contributed by atoms with Crippen molar-refractivity contribution in [2.75, 3.05) is 6.54 Å². The van der Waals surface area contributed by atoms with Crippen LogP contribution in [0.25, 0.3) is 0 Å². The Labute approximate surface area is 126 Å². The van der Waals surface area contributed by atoms with E-state index in [1.54, 1.807) is 0 Å². The third-order valence-electron chi connectivity index (χ3n) is 4.27. The fraction of sp³-hybridized carbons (Fsp3) is 0.944. The van der Waals surface area contributed by atoms with E-state index in [0.29, 0.717) is 18.7 Å². The average Bonchev–Trinajstić information content (AvgIpc) is 2.44. The van der Waals surface area contributed by atoms with Crippen molar-refractivity contribution in [1.29, 1.82) is 0 Å². The van der Waals surface area contributed by atoms with Crippen molar-refractivity contribution < 1.29 is 4.79 Å². The molecule has 0 aliphatic heterocycles. The molecule has 0 saturated heterocycles. The van der Waals surface area contributed by atoms with E-state index < -0.39 is 0 Å². The lowest BCUT2D eigenvalue weighted by molar-refractivity contribution is -0.126. The Balaban J connectivity index is 3.27. The molecule has 0 aliphatic rings. The SMILES string of the molecule is CCCCCCCCCCCCCC(=O)C(C)(C)CN. The molecule has 120 valence electrons. The zero-order chi connectivity index (χ0) is 15.3. The van der Waals surface area contributed by atoms with Gasteiger partial charge in [0.05, 0.1) is 0 Å². The van der Waals surface area contributed by atoms with Crippen LogP contribution in [0.4, 0.5) is 0 Å². The van der Waals surface area contributed by atoms with Gasteiger partial charge in [0, 0.05) is 18.4 Å². The highest BCUT2D eigenvalue weighted by Gasteiger charge is 2.24. The van der Waals surface area contributed by atoms with Gasteiger partial charge in [0.2, 0.25) is 0 Å². The molecule has 20 heavy (non-hydrogen) atoms. The van der Waals surface area contributed by atoms with Gasteiger partial charge in [-0.1, -0.05) is 85.0 Å². The highest BCUT2D eigenvalue weighted by Crippen LogP contribution is 2.19. The number of Topliss-reactive ketones (excluding diaryl/α,β-unsaturated/α-hetero) is 1. The van der Waals surface area contributed by atoms with Gasteiger partial charge in [-0.3, -0.25) is 4.79 Å². The van der Waals surface area contributed by atoms with Crippen LogP contribution in [0.2, 0.25) is 0 Å². The predicted octanol–water partition coefficient (Wildman–Crippen LogP) is 5.24. The van der Waals surface area contributed by atoms with Gasteiger partial charge in [0.15, 0.2) is 0 Å². The van der Waals surface area contributed by atoms with Crippen LogP contribution in [0, 0.1) is 5.41 Å². The van der Waals surface area contributed by atoms with E-state index in [2.05, 4.69) is 6.92 Å². The summed E-state index contributed by atoms with van der Waals surface area (Å²) in [5.74, 6) is 0.330. The standard InChI is InChI=1S/C18H37NO/c1-4-5-6-7-8-9-10-11-12-13-14-15-17(20)18(2,3)16-19/h4-16,19H2,1-3H3. The molecule has 0 aromatic heterocycles. The molecule has 2 nitrogen and oxygen atoms in total. The predicted molar refractivity (Wildman–Crippen MR) is 88.9 cm³/mol. The Morgan fingerprint density at radius 2 is 1.20 bits per heavy atom. The van der Waals surface area contributed by atoms with Gasteiger partial charge in [0.25, 0.3) is 0 Å². The summed E-state index contributed by atoms with van der Waals surface area (Å²) < 4.78 is 0. The van der Waals surface area contributed by atoms with E-state index in [1.807, 2.05) is 13.8 Å². The maximum Gasteiger partial charge on any atom is 0.139 e. The third kappa shape index (κ3) is 10.4. The molecule has 0 spiro atoms. The van der Waals surface area contributed by atoms with Crippen LogP contribution in [0.3, 0.4) is 0 Å². The Kier molecular flexibility index (Phi) is 12.1. The number of carbonyl (C=O) groups is 1. The van der Waals surface area contributed by atoms with Gasteiger partial charge < -0.3 is 5.73 Å². The summed E-state index contributed by atoms with van der Waals surface area (Å²) >= 11 is 0. The molecule has 0 aromatic carbocycles. The van der Waals surface area contributed by atoms with E-state index in [-0.39, 0.29) is 5.41 Å². The van der Waals surface area contributed by atoms with Crippen LogP contribution in [-0.2, 0) is 4.79 Å². The quantitative estimate of drug-likeness (QED) is 0.443. The Morgan fingerprint density at radius 1 is 0.800 bits per heavy atom. The topological polar surface area (TPSA) is 43.1 Å². The van der Waals surface area contributed by atoms with Crippen LogP contribution in [0.1, 0.15) is 97.8 Å². The molecule has 0 bridgehead atoms. The average molecular weight is 284 g/mol. The molecule has 0 rings (SSSR count). The summed E-state index contributed by atoms with van der Waals surface area (Å²) in [6.45, 7) is 6.63. The van der Waals surface area contributed by atoms with Gasteiger partial charge in [0.1, 0.15) is 5.78 Å². The lowest BCUT2D eigenvalue weighted by atomic mass is 9.85. The Morgan fingerprint density at radius 3 is 1.60 bits per heavy atom. The lowest BCUT2D eigenvalue weighted by Crippen LogP contribution is -2.32. The minimum atomic E-state index is -0.321. The maximum atomic E-state index is 11.9. The van der Waals surface area contributed by atoms with Crippen molar-refractivity contribution in [1.82, 2.24) is 0 Å². The monoisotopic (exact) mass is 283 g/mol. The lowest BCUT2D eigenvalue weighted by Gasteiger charge is -2.20. The van der Waals surface area contributed by atoms with Crippen LogP contribution < -0.4 is 5.73 Å². The summed E-state index contributed by atoms with van der Waals surface area (Å²) in [5.41, 5.74) is 5.29.